The molecule has 2 N–H and O–H groups in total. The number of hydrogen-bond donors (Lipinski definition) is 2. The molecule has 5 nitrogen and oxygen atoms in total. The number of carboxylic acids is 1. The van der Waals surface area contributed by atoms with E-state index >= 15 is 0 Å². The van der Waals surface area contributed by atoms with Crippen LogP contribution in [-0.2, 0) is 14.6 Å². The molecule has 2 heterocycles. The average Bonchev–Trinajstić information content (AvgIpc) is 2.55. The minimum atomic E-state index is -2.92. The molecule has 1 spiro atoms. The SMILES string of the molecule is Cl.O=C(O)C1CNCC12CCS(=O)(=O)CC2. The van der Waals surface area contributed by atoms with E-state index in [0.29, 0.717) is 25.9 Å². The highest BCUT2D eigenvalue weighted by Crippen LogP contribution is 2.42. The number of halogens is 1. The molecule has 0 aromatic carbocycles. The molecule has 1 unspecified atom stereocenters. The monoisotopic (exact) mass is 269 g/mol. The Morgan fingerprint density at radius 2 is 1.88 bits per heavy atom. The molecule has 0 aliphatic carbocycles. The zero-order valence-corrected chi connectivity index (χ0v) is 10.4. The highest BCUT2D eigenvalue weighted by Gasteiger charge is 2.49. The summed E-state index contributed by atoms with van der Waals surface area (Å²) in [6.07, 6.45) is 0.971. The van der Waals surface area contributed by atoms with Crippen molar-refractivity contribution in [2.24, 2.45) is 11.3 Å². The maximum absolute atomic E-state index is 11.3. The number of rotatable bonds is 1. The molecular formula is C9H16ClNO4S. The summed E-state index contributed by atoms with van der Waals surface area (Å²) in [6, 6.07) is 0. The van der Waals surface area contributed by atoms with E-state index in [2.05, 4.69) is 5.32 Å². The molecule has 0 saturated carbocycles. The fourth-order valence-electron chi connectivity index (χ4n) is 2.62. The summed E-state index contributed by atoms with van der Waals surface area (Å²) in [5.41, 5.74) is -0.322. The van der Waals surface area contributed by atoms with Crippen molar-refractivity contribution in [3.05, 3.63) is 0 Å². The number of aliphatic carboxylic acids is 1. The number of carboxylic acid groups (broad SMARTS) is 1. The van der Waals surface area contributed by atoms with E-state index in [-0.39, 0.29) is 29.3 Å². The Hall–Kier alpha value is -0.330. The van der Waals surface area contributed by atoms with Crippen LogP contribution in [0.4, 0.5) is 0 Å². The molecule has 2 fully saturated rings. The fourth-order valence-corrected chi connectivity index (χ4v) is 4.26. The van der Waals surface area contributed by atoms with Gasteiger partial charge in [-0.05, 0) is 18.3 Å². The molecule has 2 aliphatic rings. The van der Waals surface area contributed by atoms with Crippen LogP contribution in [-0.4, -0.2) is 44.1 Å². The van der Waals surface area contributed by atoms with E-state index in [1.54, 1.807) is 0 Å². The van der Waals surface area contributed by atoms with E-state index < -0.39 is 21.7 Å². The third-order valence-corrected chi connectivity index (χ3v) is 5.34. The smallest absolute Gasteiger partial charge is 0.308 e. The first-order chi connectivity index (χ1) is 6.95. The van der Waals surface area contributed by atoms with E-state index in [1.165, 1.54) is 0 Å². The molecule has 0 aromatic rings. The average molecular weight is 270 g/mol. The highest BCUT2D eigenvalue weighted by atomic mass is 35.5. The summed E-state index contributed by atoms with van der Waals surface area (Å²) < 4.78 is 22.6. The first-order valence-electron chi connectivity index (χ1n) is 5.09. The lowest BCUT2D eigenvalue weighted by Gasteiger charge is -2.35. The van der Waals surface area contributed by atoms with Crippen LogP contribution in [0, 0.1) is 11.3 Å². The van der Waals surface area contributed by atoms with Crippen LogP contribution >= 0.6 is 12.4 Å². The molecule has 0 amide bonds. The predicted octanol–water partition coefficient (Wildman–Crippen LogP) is -0.0928. The first-order valence-corrected chi connectivity index (χ1v) is 6.91. The molecule has 2 rings (SSSR count). The van der Waals surface area contributed by atoms with Crippen molar-refractivity contribution in [2.75, 3.05) is 24.6 Å². The van der Waals surface area contributed by atoms with Crippen molar-refractivity contribution >= 4 is 28.2 Å². The normalized spacial score (nSPS) is 30.9. The van der Waals surface area contributed by atoms with Crippen molar-refractivity contribution in [1.29, 1.82) is 0 Å². The van der Waals surface area contributed by atoms with Gasteiger partial charge in [0.05, 0.1) is 17.4 Å². The van der Waals surface area contributed by atoms with Gasteiger partial charge in [0.15, 0.2) is 0 Å². The Kier molecular flexibility index (Phi) is 3.87. The molecule has 16 heavy (non-hydrogen) atoms. The Bertz CT molecular complexity index is 367. The number of nitrogens with one attached hydrogen (secondary N) is 1. The maximum atomic E-state index is 11.3. The minimum absolute atomic E-state index is 0. The van der Waals surface area contributed by atoms with Gasteiger partial charge in [0.2, 0.25) is 0 Å². The first kappa shape index (κ1) is 13.7. The van der Waals surface area contributed by atoms with E-state index in [0.717, 1.165) is 0 Å². The van der Waals surface area contributed by atoms with Crippen LogP contribution < -0.4 is 5.32 Å². The molecular weight excluding hydrogens is 254 g/mol. The molecule has 94 valence electrons. The minimum Gasteiger partial charge on any atom is -0.481 e. The molecule has 0 radical (unpaired) electrons. The Balaban J connectivity index is 0.00000128. The van der Waals surface area contributed by atoms with E-state index in [1.807, 2.05) is 0 Å². The topological polar surface area (TPSA) is 83.5 Å². The van der Waals surface area contributed by atoms with Gasteiger partial charge in [-0.2, -0.15) is 0 Å². The zero-order valence-electron chi connectivity index (χ0n) is 8.81. The fraction of sp³-hybridized carbons (Fsp3) is 0.889. The van der Waals surface area contributed by atoms with Gasteiger partial charge in [-0.25, -0.2) is 8.42 Å². The van der Waals surface area contributed by atoms with Gasteiger partial charge >= 0.3 is 5.97 Å². The van der Waals surface area contributed by atoms with Gasteiger partial charge < -0.3 is 10.4 Å². The van der Waals surface area contributed by atoms with E-state index in [9.17, 15) is 13.2 Å². The second-order valence-corrected chi connectivity index (χ2v) is 6.84. The van der Waals surface area contributed by atoms with Gasteiger partial charge in [0.1, 0.15) is 9.84 Å². The third kappa shape index (κ3) is 2.33. The molecule has 7 heteroatoms. The quantitative estimate of drug-likeness (QED) is 0.695. The van der Waals surface area contributed by atoms with Crippen molar-refractivity contribution in [2.45, 2.75) is 12.8 Å². The van der Waals surface area contributed by atoms with Gasteiger partial charge in [0.25, 0.3) is 0 Å². The second kappa shape index (κ2) is 4.50. The largest absolute Gasteiger partial charge is 0.481 e. The Labute approximate surface area is 101 Å². The van der Waals surface area contributed by atoms with Crippen LogP contribution in [0.25, 0.3) is 0 Å². The summed E-state index contributed by atoms with van der Waals surface area (Å²) in [6.45, 7) is 1.11. The third-order valence-electron chi connectivity index (χ3n) is 3.68. The summed E-state index contributed by atoms with van der Waals surface area (Å²) in [7, 11) is -2.92. The Morgan fingerprint density at radius 3 is 2.38 bits per heavy atom. The second-order valence-electron chi connectivity index (χ2n) is 4.54. The number of hydrogen-bond acceptors (Lipinski definition) is 4. The van der Waals surface area contributed by atoms with Gasteiger partial charge in [-0.1, -0.05) is 0 Å². The lowest BCUT2D eigenvalue weighted by atomic mass is 9.73. The summed E-state index contributed by atoms with van der Waals surface area (Å²) >= 11 is 0. The summed E-state index contributed by atoms with van der Waals surface area (Å²) in [4.78, 5) is 11.0. The maximum Gasteiger partial charge on any atom is 0.308 e. The predicted molar refractivity (Wildman–Crippen MR) is 61.6 cm³/mol. The lowest BCUT2D eigenvalue weighted by molar-refractivity contribution is -0.144. The molecule has 1 atom stereocenters. The molecule has 2 aliphatic heterocycles. The van der Waals surface area contributed by atoms with Crippen LogP contribution in [0.15, 0.2) is 0 Å². The van der Waals surface area contributed by atoms with E-state index in [4.69, 9.17) is 5.11 Å². The van der Waals surface area contributed by atoms with Crippen LogP contribution in [0.2, 0.25) is 0 Å². The van der Waals surface area contributed by atoms with Crippen molar-refractivity contribution in [3.63, 3.8) is 0 Å². The van der Waals surface area contributed by atoms with Crippen molar-refractivity contribution in [1.82, 2.24) is 5.32 Å². The molecule has 0 bridgehead atoms. The zero-order chi connectivity index (χ0) is 11.1. The Morgan fingerprint density at radius 1 is 1.31 bits per heavy atom. The summed E-state index contributed by atoms with van der Waals surface area (Å²) in [5.74, 6) is -0.955. The standard InChI is InChI=1S/C9H15NO4S.ClH/c11-8(12)7-5-10-6-9(7)1-3-15(13,14)4-2-9;/h7,10H,1-6H2,(H,11,12);1H. The van der Waals surface area contributed by atoms with Crippen molar-refractivity contribution < 1.29 is 18.3 Å². The van der Waals surface area contributed by atoms with Gasteiger partial charge in [-0.3, -0.25) is 4.79 Å². The van der Waals surface area contributed by atoms with Crippen molar-refractivity contribution in [3.8, 4) is 0 Å². The summed E-state index contributed by atoms with van der Waals surface area (Å²) in [5, 5.41) is 12.1. The lowest BCUT2D eigenvalue weighted by Crippen LogP contribution is -2.42. The van der Waals surface area contributed by atoms with Gasteiger partial charge in [-0.15, -0.1) is 12.4 Å². The molecule has 2 saturated heterocycles. The van der Waals surface area contributed by atoms with Crippen LogP contribution in [0.5, 0.6) is 0 Å². The number of carbonyl (C=O) groups is 1. The highest BCUT2D eigenvalue weighted by molar-refractivity contribution is 7.91. The molecule has 0 aromatic heterocycles. The number of sulfone groups is 1. The van der Waals surface area contributed by atoms with Crippen LogP contribution in [0.3, 0.4) is 0 Å². The van der Waals surface area contributed by atoms with Gasteiger partial charge in [0, 0.05) is 13.1 Å². The van der Waals surface area contributed by atoms with Crippen LogP contribution in [0.1, 0.15) is 12.8 Å².